The Balaban J connectivity index is 1.58. The molecule has 2 saturated heterocycles. The van der Waals surface area contributed by atoms with Gasteiger partial charge in [-0.1, -0.05) is 0 Å². The Labute approximate surface area is 164 Å². The van der Waals surface area contributed by atoms with Crippen LogP contribution in [0.5, 0.6) is 5.75 Å². The third kappa shape index (κ3) is 4.29. The molecule has 28 heavy (non-hydrogen) atoms. The molecule has 2 fully saturated rings. The highest BCUT2D eigenvalue weighted by Crippen LogP contribution is 2.31. The predicted molar refractivity (Wildman–Crippen MR) is 107 cm³/mol. The van der Waals surface area contributed by atoms with Crippen LogP contribution in [-0.4, -0.2) is 80.6 Å². The van der Waals surface area contributed by atoms with Crippen LogP contribution >= 0.6 is 0 Å². The summed E-state index contributed by atoms with van der Waals surface area (Å²) in [4.78, 5) is 24.2. The highest BCUT2D eigenvalue weighted by Gasteiger charge is 2.22. The van der Waals surface area contributed by atoms with Crippen molar-refractivity contribution >= 4 is 16.6 Å². The second-order valence-corrected chi connectivity index (χ2v) is 7.32. The summed E-state index contributed by atoms with van der Waals surface area (Å²) in [5.41, 5.74) is 1.56. The van der Waals surface area contributed by atoms with Crippen LogP contribution in [-0.2, 0) is 9.47 Å². The van der Waals surface area contributed by atoms with Crippen LogP contribution in [0.15, 0.2) is 23.3 Å². The summed E-state index contributed by atoms with van der Waals surface area (Å²) in [5.74, 6) is 0.621. The van der Waals surface area contributed by atoms with E-state index < -0.39 is 0 Å². The number of benzene rings is 1. The molecular formula is C20H28N4O4. The predicted octanol–water partition coefficient (Wildman–Crippen LogP) is 1.25. The third-order valence-electron chi connectivity index (χ3n) is 5.50. The Kier molecular flexibility index (Phi) is 6.09. The monoisotopic (exact) mass is 388 g/mol. The van der Waals surface area contributed by atoms with E-state index in [2.05, 4.69) is 19.8 Å². The zero-order valence-corrected chi connectivity index (χ0v) is 16.4. The van der Waals surface area contributed by atoms with Crippen molar-refractivity contribution in [2.75, 3.05) is 64.6 Å². The number of methoxy groups -OCH3 is 1. The molecule has 2 aliphatic rings. The molecule has 3 heterocycles. The molecule has 1 aromatic heterocycles. The Morgan fingerprint density at radius 1 is 1.21 bits per heavy atom. The average molecular weight is 388 g/mol. The normalized spacial score (nSPS) is 19.2. The van der Waals surface area contributed by atoms with Gasteiger partial charge < -0.3 is 24.1 Å². The maximum absolute atomic E-state index is 12.4. The van der Waals surface area contributed by atoms with Gasteiger partial charge in [-0.15, -0.1) is 0 Å². The summed E-state index contributed by atoms with van der Waals surface area (Å²) >= 11 is 0. The van der Waals surface area contributed by atoms with Gasteiger partial charge in [-0.05, 0) is 6.07 Å². The van der Waals surface area contributed by atoms with Gasteiger partial charge in [0.1, 0.15) is 17.2 Å². The molecule has 0 atom stereocenters. The van der Waals surface area contributed by atoms with Gasteiger partial charge in [0.25, 0.3) is 5.56 Å². The number of nitrogens with one attached hydrogen (secondary N) is 1. The number of ether oxygens (including phenoxy) is 3. The van der Waals surface area contributed by atoms with Crippen molar-refractivity contribution in [2.45, 2.75) is 18.9 Å². The van der Waals surface area contributed by atoms with E-state index >= 15 is 0 Å². The summed E-state index contributed by atoms with van der Waals surface area (Å²) in [6, 6.07) is 3.99. The van der Waals surface area contributed by atoms with Gasteiger partial charge in [-0.25, -0.2) is 4.98 Å². The minimum absolute atomic E-state index is 0.0673. The molecule has 8 nitrogen and oxygen atoms in total. The maximum Gasteiger partial charge on any atom is 0.262 e. The number of nitrogens with zero attached hydrogens (tertiary/aromatic N) is 3. The molecule has 1 N–H and O–H groups in total. The van der Waals surface area contributed by atoms with Crippen molar-refractivity contribution in [3.05, 3.63) is 28.8 Å². The Morgan fingerprint density at radius 2 is 2.00 bits per heavy atom. The SMILES string of the molecule is COCCN1CCN(c2cc(OC3CCOCC3)c3c(=O)[nH]cnc3c2)CC1. The summed E-state index contributed by atoms with van der Waals surface area (Å²) in [7, 11) is 1.74. The highest BCUT2D eigenvalue weighted by atomic mass is 16.5. The quantitative estimate of drug-likeness (QED) is 0.798. The van der Waals surface area contributed by atoms with Gasteiger partial charge >= 0.3 is 0 Å². The fourth-order valence-corrected chi connectivity index (χ4v) is 3.85. The van der Waals surface area contributed by atoms with Crippen LogP contribution < -0.4 is 15.2 Å². The molecule has 0 bridgehead atoms. The van der Waals surface area contributed by atoms with Gasteiger partial charge in [-0.3, -0.25) is 9.69 Å². The van der Waals surface area contributed by atoms with Crippen molar-refractivity contribution in [1.29, 1.82) is 0 Å². The number of H-pyrrole nitrogens is 1. The van der Waals surface area contributed by atoms with E-state index in [1.165, 1.54) is 6.33 Å². The van der Waals surface area contributed by atoms with Crippen LogP contribution in [0.2, 0.25) is 0 Å². The molecule has 0 saturated carbocycles. The van der Waals surface area contributed by atoms with Crippen molar-refractivity contribution in [3.8, 4) is 5.75 Å². The molecule has 0 spiro atoms. The summed E-state index contributed by atoms with van der Waals surface area (Å²) in [6.07, 6.45) is 3.19. The minimum Gasteiger partial charge on any atom is -0.489 e. The summed E-state index contributed by atoms with van der Waals surface area (Å²) in [5, 5.41) is 0.525. The molecule has 0 radical (unpaired) electrons. The van der Waals surface area contributed by atoms with Crippen LogP contribution in [0.3, 0.4) is 0 Å². The third-order valence-corrected chi connectivity index (χ3v) is 5.50. The van der Waals surface area contributed by atoms with Crippen molar-refractivity contribution in [2.24, 2.45) is 0 Å². The molecule has 1 aromatic carbocycles. The smallest absolute Gasteiger partial charge is 0.262 e. The molecule has 2 aromatic rings. The molecule has 0 amide bonds. The summed E-state index contributed by atoms with van der Waals surface area (Å²) < 4.78 is 16.9. The highest BCUT2D eigenvalue weighted by molar-refractivity contribution is 5.88. The average Bonchev–Trinajstić information content (AvgIpc) is 2.73. The molecule has 0 aliphatic carbocycles. The van der Waals surface area contributed by atoms with Gasteiger partial charge in [0.15, 0.2) is 0 Å². The van der Waals surface area contributed by atoms with E-state index in [0.717, 1.165) is 57.9 Å². The topological polar surface area (TPSA) is 79.9 Å². The van der Waals surface area contributed by atoms with E-state index in [0.29, 0.717) is 29.9 Å². The molecule has 8 heteroatoms. The number of aromatic amines is 1. The van der Waals surface area contributed by atoms with E-state index in [-0.39, 0.29) is 11.7 Å². The fourth-order valence-electron chi connectivity index (χ4n) is 3.85. The number of hydrogen-bond donors (Lipinski definition) is 1. The first-order chi connectivity index (χ1) is 13.7. The van der Waals surface area contributed by atoms with Gasteiger partial charge in [0, 0.05) is 64.4 Å². The van der Waals surface area contributed by atoms with Crippen LogP contribution in [0.1, 0.15) is 12.8 Å². The number of rotatable bonds is 6. The zero-order valence-electron chi connectivity index (χ0n) is 16.4. The number of anilines is 1. The largest absolute Gasteiger partial charge is 0.489 e. The van der Waals surface area contributed by atoms with E-state index in [4.69, 9.17) is 14.2 Å². The van der Waals surface area contributed by atoms with Crippen molar-refractivity contribution in [1.82, 2.24) is 14.9 Å². The van der Waals surface area contributed by atoms with Crippen molar-refractivity contribution < 1.29 is 14.2 Å². The lowest BCUT2D eigenvalue weighted by atomic mass is 10.1. The second kappa shape index (κ2) is 8.89. The number of hydrogen-bond acceptors (Lipinski definition) is 7. The van der Waals surface area contributed by atoms with E-state index in [1.54, 1.807) is 7.11 Å². The van der Waals surface area contributed by atoms with Gasteiger partial charge in [0.05, 0.1) is 31.7 Å². The Hall–Kier alpha value is -2.16. The second-order valence-electron chi connectivity index (χ2n) is 7.32. The first kappa shape index (κ1) is 19.2. The lowest BCUT2D eigenvalue weighted by molar-refractivity contribution is 0.0262. The zero-order chi connectivity index (χ0) is 19.3. The lowest BCUT2D eigenvalue weighted by Crippen LogP contribution is -2.47. The Bertz CT molecular complexity index is 842. The van der Waals surface area contributed by atoms with Crippen LogP contribution in [0.4, 0.5) is 5.69 Å². The molecule has 4 rings (SSSR count). The first-order valence-corrected chi connectivity index (χ1v) is 9.96. The van der Waals surface area contributed by atoms with Crippen molar-refractivity contribution in [3.63, 3.8) is 0 Å². The van der Waals surface area contributed by atoms with Crippen LogP contribution in [0.25, 0.3) is 10.9 Å². The Morgan fingerprint density at radius 3 is 2.75 bits per heavy atom. The molecule has 0 unspecified atom stereocenters. The minimum atomic E-state index is -0.164. The first-order valence-electron chi connectivity index (χ1n) is 9.96. The van der Waals surface area contributed by atoms with Crippen LogP contribution in [0, 0.1) is 0 Å². The molecule has 152 valence electrons. The van der Waals surface area contributed by atoms with E-state index in [1.807, 2.05) is 12.1 Å². The van der Waals surface area contributed by atoms with Gasteiger partial charge in [-0.2, -0.15) is 0 Å². The fraction of sp³-hybridized carbons (Fsp3) is 0.600. The molecule has 2 aliphatic heterocycles. The lowest BCUT2D eigenvalue weighted by Gasteiger charge is -2.36. The molecular weight excluding hydrogens is 360 g/mol. The van der Waals surface area contributed by atoms with Gasteiger partial charge in [0.2, 0.25) is 0 Å². The van der Waals surface area contributed by atoms with E-state index in [9.17, 15) is 4.79 Å². The maximum atomic E-state index is 12.4. The summed E-state index contributed by atoms with van der Waals surface area (Å²) in [6.45, 7) is 6.93. The number of piperazine rings is 1. The standard InChI is InChI=1S/C20H28N4O4/c1-26-11-8-23-4-6-24(7-5-23)15-12-17-19(20(25)22-14-21-17)18(13-15)28-16-2-9-27-10-3-16/h12-14,16H,2-11H2,1H3,(H,21,22,25). The number of fused-ring (bicyclic) bond motifs is 1. The number of aromatic nitrogens is 2.